The van der Waals surface area contributed by atoms with Crippen molar-refractivity contribution in [2.75, 3.05) is 0 Å². The molecular formula is C9H16O. The summed E-state index contributed by atoms with van der Waals surface area (Å²) in [5, 5.41) is 9.25. The van der Waals surface area contributed by atoms with E-state index in [9.17, 15) is 5.11 Å². The Bertz CT molecular complexity index is 118. The van der Waals surface area contributed by atoms with Gasteiger partial charge in [0.15, 0.2) is 0 Å². The molecule has 0 aromatic rings. The Hall–Kier alpha value is -0.300. The molecule has 10 heavy (non-hydrogen) atoms. The zero-order valence-electron chi connectivity index (χ0n) is 6.59. The van der Waals surface area contributed by atoms with E-state index in [4.69, 9.17) is 0 Å². The lowest BCUT2D eigenvalue weighted by molar-refractivity contribution is 0.197. The minimum absolute atomic E-state index is 0.178. The van der Waals surface area contributed by atoms with Gasteiger partial charge in [0.2, 0.25) is 0 Å². The largest absolute Gasteiger partial charge is 0.389 e. The van der Waals surface area contributed by atoms with Crippen LogP contribution >= 0.6 is 0 Å². The van der Waals surface area contributed by atoms with Crippen molar-refractivity contribution >= 4 is 0 Å². The topological polar surface area (TPSA) is 20.2 Å². The molecule has 0 saturated heterocycles. The maximum atomic E-state index is 9.25. The molecule has 2 atom stereocenters. The zero-order chi connectivity index (χ0) is 7.40. The molecule has 2 unspecified atom stereocenters. The highest BCUT2D eigenvalue weighted by molar-refractivity contribution is 4.90. The van der Waals surface area contributed by atoms with Crippen molar-refractivity contribution in [3.8, 4) is 0 Å². The quantitative estimate of drug-likeness (QED) is 0.511. The molecule has 0 amide bonds. The summed E-state index contributed by atoms with van der Waals surface area (Å²) in [6, 6.07) is 0. The molecule has 0 aromatic carbocycles. The highest BCUT2D eigenvalue weighted by Gasteiger charge is 2.07. The first-order chi connectivity index (χ1) is 4.79. The summed E-state index contributed by atoms with van der Waals surface area (Å²) in [6.07, 6.45) is 8.37. The van der Waals surface area contributed by atoms with E-state index in [1.807, 2.05) is 6.08 Å². The summed E-state index contributed by atoms with van der Waals surface area (Å²) in [7, 11) is 0. The number of allylic oxidation sites excluding steroid dienone is 1. The minimum Gasteiger partial charge on any atom is -0.389 e. The van der Waals surface area contributed by atoms with Gasteiger partial charge in [-0.2, -0.15) is 0 Å². The average molecular weight is 140 g/mol. The molecule has 1 aliphatic carbocycles. The van der Waals surface area contributed by atoms with Crippen LogP contribution in [0.5, 0.6) is 0 Å². The lowest BCUT2D eigenvalue weighted by Crippen LogP contribution is -2.07. The van der Waals surface area contributed by atoms with Crippen molar-refractivity contribution in [1.29, 1.82) is 0 Å². The molecule has 58 valence electrons. The van der Waals surface area contributed by atoms with Crippen molar-refractivity contribution in [3.05, 3.63) is 12.2 Å². The van der Waals surface area contributed by atoms with Crippen molar-refractivity contribution in [3.63, 3.8) is 0 Å². The van der Waals surface area contributed by atoms with Gasteiger partial charge in [0.25, 0.3) is 0 Å². The smallest absolute Gasteiger partial charge is 0.0721 e. The van der Waals surface area contributed by atoms with E-state index >= 15 is 0 Å². The lowest BCUT2D eigenvalue weighted by Gasteiger charge is -2.14. The van der Waals surface area contributed by atoms with Gasteiger partial charge in [0.05, 0.1) is 6.10 Å². The Kier molecular flexibility index (Phi) is 2.94. The normalized spacial score (nSPS) is 38.2. The zero-order valence-corrected chi connectivity index (χ0v) is 6.59. The van der Waals surface area contributed by atoms with Crippen LogP contribution in [-0.4, -0.2) is 11.2 Å². The molecule has 1 heteroatoms. The van der Waals surface area contributed by atoms with Gasteiger partial charge in [-0.25, -0.2) is 0 Å². The van der Waals surface area contributed by atoms with Crippen LogP contribution in [0.3, 0.4) is 0 Å². The molecule has 0 bridgehead atoms. The highest BCUT2D eigenvalue weighted by atomic mass is 16.3. The molecule has 1 nitrogen and oxygen atoms in total. The van der Waals surface area contributed by atoms with Gasteiger partial charge in [0, 0.05) is 0 Å². The Morgan fingerprint density at radius 1 is 1.30 bits per heavy atom. The molecule has 0 fully saturated rings. The van der Waals surface area contributed by atoms with Gasteiger partial charge in [-0.1, -0.05) is 19.1 Å². The van der Waals surface area contributed by atoms with Gasteiger partial charge in [-0.15, -0.1) is 0 Å². The summed E-state index contributed by atoms with van der Waals surface area (Å²) >= 11 is 0. The van der Waals surface area contributed by atoms with Crippen LogP contribution in [0.25, 0.3) is 0 Å². The third-order valence-electron chi connectivity index (χ3n) is 2.14. The van der Waals surface area contributed by atoms with Crippen LogP contribution in [0.4, 0.5) is 0 Å². The Balaban J connectivity index is 2.38. The first-order valence-corrected chi connectivity index (χ1v) is 4.14. The second-order valence-electron chi connectivity index (χ2n) is 3.26. The van der Waals surface area contributed by atoms with Crippen LogP contribution in [0.2, 0.25) is 0 Å². The highest BCUT2D eigenvalue weighted by Crippen LogP contribution is 2.17. The SMILES string of the molecule is CC1CC/C=C\C(O)CC1. The average Bonchev–Trinajstić information content (AvgIpc) is 1.90. The first-order valence-electron chi connectivity index (χ1n) is 4.14. The summed E-state index contributed by atoms with van der Waals surface area (Å²) < 4.78 is 0. The summed E-state index contributed by atoms with van der Waals surface area (Å²) in [5.74, 6) is 0.791. The minimum atomic E-state index is -0.178. The molecule has 1 N–H and O–H groups in total. The molecule has 0 saturated carbocycles. The third-order valence-corrected chi connectivity index (χ3v) is 2.14. The maximum Gasteiger partial charge on any atom is 0.0721 e. The summed E-state index contributed by atoms with van der Waals surface area (Å²) in [4.78, 5) is 0. The lowest BCUT2D eigenvalue weighted by atomic mass is 9.95. The molecular weight excluding hydrogens is 124 g/mol. The van der Waals surface area contributed by atoms with E-state index in [2.05, 4.69) is 13.0 Å². The van der Waals surface area contributed by atoms with Crippen molar-refractivity contribution < 1.29 is 5.11 Å². The fourth-order valence-corrected chi connectivity index (χ4v) is 1.33. The molecule has 0 radical (unpaired) electrons. The summed E-state index contributed by atoms with van der Waals surface area (Å²) in [6.45, 7) is 2.26. The number of hydrogen-bond acceptors (Lipinski definition) is 1. The van der Waals surface area contributed by atoms with E-state index in [1.54, 1.807) is 0 Å². The number of aliphatic hydroxyl groups excluding tert-OH is 1. The second-order valence-corrected chi connectivity index (χ2v) is 3.26. The summed E-state index contributed by atoms with van der Waals surface area (Å²) in [5.41, 5.74) is 0. The fourth-order valence-electron chi connectivity index (χ4n) is 1.33. The van der Waals surface area contributed by atoms with Crippen LogP contribution in [0.15, 0.2) is 12.2 Å². The number of hydrogen-bond donors (Lipinski definition) is 1. The van der Waals surface area contributed by atoms with Crippen molar-refractivity contribution in [1.82, 2.24) is 0 Å². The Labute approximate surface area is 62.8 Å². The van der Waals surface area contributed by atoms with E-state index in [1.165, 1.54) is 12.8 Å². The van der Waals surface area contributed by atoms with Gasteiger partial charge in [-0.05, 0) is 31.6 Å². The van der Waals surface area contributed by atoms with Gasteiger partial charge in [-0.3, -0.25) is 0 Å². The number of aliphatic hydroxyl groups is 1. The molecule has 0 spiro atoms. The monoisotopic (exact) mass is 140 g/mol. The third kappa shape index (κ3) is 2.53. The maximum absolute atomic E-state index is 9.25. The van der Waals surface area contributed by atoms with Crippen LogP contribution in [-0.2, 0) is 0 Å². The first kappa shape index (κ1) is 7.80. The van der Waals surface area contributed by atoms with Gasteiger partial charge < -0.3 is 5.11 Å². The van der Waals surface area contributed by atoms with Crippen LogP contribution in [0.1, 0.15) is 32.6 Å². The van der Waals surface area contributed by atoms with Crippen molar-refractivity contribution in [2.45, 2.75) is 38.7 Å². The number of rotatable bonds is 0. The molecule has 0 aromatic heterocycles. The fraction of sp³-hybridized carbons (Fsp3) is 0.778. The van der Waals surface area contributed by atoms with Crippen LogP contribution < -0.4 is 0 Å². The standard InChI is InChI=1S/C9H16O/c1-8-4-2-3-5-9(10)7-6-8/h3,5,8-10H,2,4,6-7H2,1H3/b5-3-. The second kappa shape index (κ2) is 3.77. The Morgan fingerprint density at radius 3 is 2.90 bits per heavy atom. The predicted molar refractivity (Wildman–Crippen MR) is 42.8 cm³/mol. The molecule has 0 aliphatic heterocycles. The molecule has 0 heterocycles. The van der Waals surface area contributed by atoms with Crippen molar-refractivity contribution in [2.24, 2.45) is 5.92 Å². The van der Waals surface area contributed by atoms with Crippen LogP contribution in [0, 0.1) is 5.92 Å². The van der Waals surface area contributed by atoms with E-state index < -0.39 is 0 Å². The predicted octanol–water partition coefficient (Wildman–Crippen LogP) is 2.11. The Morgan fingerprint density at radius 2 is 2.10 bits per heavy atom. The van der Waals surface area contributed by atoms with E-state index in [-0.39, 0.29) is 6.10 Å². The molecule has 1 aliphatic rings. The molecule has 1 rings (SSSR count). The van der Waals surface area contributed by atoms with Gasteiger partial charge >= 0.3 is 0 Å². The van der Waals surface area contributed by atoms with Gasteiger partial charge in [0.1, 0.15) is 0 Å². The van der Waals surface area contributed by atoms with E-state index in [0.29, 0.717) is 0 Å². The van der Waals surface area contributed by atoms with E-state index in [0.717, 1.165) is 18.8 Å².